The molecule has 0 fully saturated rings. The highest BCUT2D eigenvalue weighted by atomic mass is 28.4. The molecule has 0 heterocycles. The van der Waals surface area contributed by atoms with Crippen molar-refractivity contribution in [2.45, 2.75) is 12.5 Å². The topological polar surface area (TPSA) is 53.7 Å². The molecule has 1 rings (SSSR count). The van der Waals surface area contributed by atoms with Crippen LogP contribution in [-0.4, -0.2) is 29.8 Å². The normalized spacial score (nSPS) is 11.7. The van der Waals surface area contributed by atoms with Crippen molar-refractivity contribution in [2.75, 3.05) is 21.0 Å². The zero-order valence-corrected chi connectivity index (χ0v) is 10.8. The first-order valence-corrected chi connectivity index (χ1v) is 7.18. The van der Waals surface area contributed by atoms with Crippen molar-refractivity contribution in [2.24, 2.45) is 5.73 Å². The lowest BCUT2D eigenvalue weighted by atomic mass is 10.2. The second kappa shape index (κ2) is 6.77. The van der Waals surface area contributed by atoms with E-state index < -0.39 is 8.80 Å². The summed E-state index contributed by atoms with van der Waals surface area (Å²) in [5.41, 5.74) is 6.63. The van der Waals surface area contributed by atoms with Crippen LogP contribution in [0.4, 0.5) is 0 Å². The minimum atomic E-state index is -2.55. The van der Waals surface area contributed by atoms with Gasteiger partial charge in [0.2, 0.25) is 0 Å². The molecule has 5 heteroatoms. The Hall–Kier alpha value is -0.723. The third-order valence-corrected chi connectivity index (χ3v) is 5.20. The summed E-state index contributed by atoms with van der Waals surface area (Å²) in [6, 6.07) is 10.9. The lowest BCUT2D eigenvalue weighted by molar-refractivity contribution is 0.101. The third kappa shape index (κ3) is 3.69. The van der Waals surface area contributed by atoms with Gasteiger partial charge >= 0.3 is 8.80 Å². The van der Waals surface area contributed by atoms with Gasteiger partial charge in [0.15, 0.2) is 0 Å². The summed E-state index contributed by atoms with van der Waals surface area (Å²) < 4.78 is 16.1. The van der Waals surface area contributed by atoms with Crippen molar-refractivity contribution in [1.29, 1.82) is 0 Å². The lowest BCUT2D eigenvalue weighted by Crippen LogP contribution is -2.45. The van der Waals surface area contributed by atoms with Crippen LogP contribution in [-0.2, 0) is 19.7 Å². The van der Waals surface area contributed by atoms with Crippen molar-refractivity contribution < 1.29 is 13.3 Å². The molecule has 2 N–H and O–H groups in total. The summed E-state index contributed by atoms with van der Waals surface area (Å²) in [6.07, 6.45) is 0.870. The van der Waals surface area contributed by atoms with E-state index >= 15 is 0 Å². The van der Waals surface area contributed by atoms with Gasteiger partial charge < -0.3 is 19.0 Å². The molecular weight excluding hydrogens is 222 g/mol. The van der Waals surface area contributed by atoms with E-state index in [4.69, 9.17) is 19.0 Å². The monoisotopic (exact) mass is 241 g/mol. The van der Waals surface area contributed by atoms with E-state index in [9.17, 15) is 0 Å². The van der Waals surface area contributed by atoms with Gasteiger partial charge in [-0.2, -0.15) is 0 Å². The fourth-order valence-electron chi connectivity index (χ4n) is 1.55. The zero-order chi connectivity index (χ0) is 11.9. The molecule has 0 atom stereocenters. The van der Waals surface area contributed by atoms with Gasteiger partial charge in [-0.25, -0.2) is 0 Å². The maximum absolute atomic E-state index is 5.42. The van der Waals surface area contributed by atoms with Crippen molar-refractivity contribution in [3.63, 3.8) is 0 Å². The highest BCUT2D eigenvalue weighted by molar-refractivity contribution is 6.60. The lowest BCUT2D eigenvalue weighted by Gasteiger charge is -2.25. The molecular formula is C11H19NO3Si. The summed E-state index contributed by atoms with van der Waals surface area (Å²) >= 11 is 0. The summed E-state index contributed by atoms with van der Waals surface area (Å²) in [4.78, 5) is 0. The van der Waals surface area contributed by atoms with Crippen molar-refractivity contribution in [3.8, 4) is 0 Å². The standard InChI is InChI=1S/C11H19NO3Si/c1-13-16(14-2,15-10-12)9-8-11-6-4-3-5-7-11/h3-7H,8-10,12H2,1-2H3. The van der Waals surface area contributed by atoms with Crippen LogP contribution in [0, 0.1) is 0 Å². The quantitative estimate of drug-likeness (QED) is 0.579. The largest absolute Gasteiger partial charge is 0.501 e. The number of benzene rings is 1. The van der Waals surface area contributed by atoms with Gasteiger partial charge in [-0.3, -0.25) is 0 Å². The molecule has 0 unspecified atom stereocenters. The van der Waals surface area contributed by atoms with Crippen LogP contribution < -0.4 is 5.73 Å². The van der Waals surface area contributed by atoms with E-state index in [-0.39, 0.29) is 6.73 Å². The van der Waals surface area contributed by atoms with Crippen LogP contribution in [0.3, 0.4) is 0 Å². The van der Waals surface area contributed by atoms with Crippen LogP contribution in [0.2, 0.25) is 6.04 Å². The van der Waals surface area contributed by atoms with Crippen molar-refractivity contribution >= 4 is 8.80 Å². The van der Waals surface area contributed by atoms with Crippen LogP contribution in [0.5, 0.6) is 0 Å². The maximum atomic E-state index is 5.42. The molecule has 0 amide bonds. The molecule has 0 saturated heterocycles. The van der Waals surface area contributed by atoms with Crippen molar-refractivity contribution in [3.05, 3.63) is 35.9 Å². The molecule has 0 aliphatic rings. The summed E-state index contributed by atoms with van der Waals surface area (Å²) in [6.45, 7) is 0.128. The fourth-order valence-corrected chi connectivity index (χ4v) is 3.35. The first-order valence-electron chi connectivity index (χ1n) is 5.24. The van der Waals surface area contributed by atoms with Gasteiger partial charge in [-0.1, -0.05) is 30.3 Å². The van der Waals surface area contributed by atoms with Crippen LogP contribution in [0.1, 0.15) is 5.56 Å². The summed E-state index contributed by atoms with van der Waals surface area (Å²) in [7, 11) is 0.664. The van der Waals surface area contributed by atoms with E-state index in [1.807, 2.05) is 18.2 Å². The summed E-state index contributed by atoms with van der Waals surface area (Å²) in [5.74, 6) is 0. The molecule has 0 spiro atoms. The fraction of sp³-hybridized carbons (Fsp3) is 0.455. The SMILES string of the molecule is CO[Si](CCc1ccccc1)(OC)OCN. The Kier molecular flexibility index (Phi) is 5.65. The molecule has 1 aromatic carbocycles. The maximum Gasteiger partial charge on any atom is 0.501 e. The van der Waals surface area contributed by atoms with Gasteiger partial charge in [0, 0.05) is 20.3 Å². The highest BCUT2D eigenvalue weighted by Gasteiger charge is 2.38. The van der Waals surface area contributed by atoms with Crippen molar-refractivity contribution in [1.82, 2.24) is 0 Å². The molecule has 16 heavy (non-hydrogen) atoms. The van der Waals surface area contributed by atoms with E-state index in [0.717, 1.165) is 12.5 Å². The Bertz CT molecular complexity index is 291. The van der Waals surface area contributed by atoms with E-state index in [0.29, 0.717) is 0 Å². The van der Waals surface area contributed by atoms with Gasteiger partial charge in [0.25, 0.3) is 0 Å². The molecule has 0 radical (unpaired) electrons. The molecule has 1 aromatic rings. The number of aryl methyl sites for hydroxylation is 1. The molecule has 0 aromatic heterocycles. The highest BCUT2D eigenvalue weighted by Crippen LogP contribution is 2.16. The van der Waals surface area contributed by atoms with E-state index in [1.54, 1.807) is 14.2 Å². The van der Waals surface area contributed by atoms with Gasteiger partial charge in [-0.05, 0) is 12.0 Å². The Morgan fingerprint density at radius 3 is 2.25 bits per heavy atom. The second-order valence-electron chi connectivity index (χ2n) is 3.39. The minimum absolute atomic E-state index is 0.128. The third-order valence-electron chi connectivity index (χ3n) is 2.49. The Balaban J connectivity index is 2.56. The smallest absolute Gasteiger partial charge is 0.377 e. The van der Waals surface area contributed by atoms with Crippen LogP contribution in [0.15, 0.2) is 30.3 Å². The Morgan fingerprint density at radius 2 is 1.75 bits per heavy atom. The molecule has 0 saturated carbocycles. The van der Waals surface area contributed by atoms with E-state index in [1.165, 1.54) is 5.56 Å². The first kappa shape index (κ1) is 13.3. The molecule has 4 nitrogen and oxygen atoms in total. The predicted molar refractivity (Wildman–Crippen MR) is 64.9 cm³/mol. The van der Waals surface area contributed by atoms with Crippen LogP contribution >= 0.6 is 0 Å². The van der Waals surface area contributed by atoms with Gasteiger partial charge in [0.05, 0.1) is 6.73 Å². The average Bonchev–Trinajstić information content (AvgIpc) is 2.36. The molecule has 0 bridgehead atoms. The average molecular weight is 241 g/mol. The number of hydrogen-bond acceptors (Lipinski definition) is 4. The Labute approximate surface area is 97.7 Å². The molecule has 0 aliphatic carbocycles. The minimum Gasteiger partial charge on any atom is -0.377 e. The van der Waals surface area contributed by atoms with Gasteiger partial charge in [0.1, 0.15) is 0 Å². The first-order chi connectivity index (χ1) is 7.76. The molecule has 0 aliphatic heterocycles. The zero-order valence-electron chi connectivity index (χ0n) is 9.81. The van der Waals surface area contributed by atoms with Gasteiger partial charge in [-0.15, -0.1) is 0 Å². The molecule has 90 valence electrons. The number of rotatable bonds is 7. The van der Waals surface area contributed by atoms with E-state index in [2.05, 4.69) is 12.1 Å². The second-order valence-corrected chi connectivity index (χ2v) is 6.36. The number of hydrogen-bond donors (Lipinski definition) is 1. The number of nitrogens with two attached hydrogens (primary N) is 1. The Morgan fingerprint density at radius 1 is 1.12 bits per heavy atom. The predicted octanol–water partition coefficient (Wildman–Crippen LogP) is 1.39. The summed E-state index contributed by atoms with van der Waals surface area (Å²) in [5, 5.41) is 0. The van der Waals surface area contributed by atoms with Crippen LogP contribution in [0.25, 0.3) is 0 Å².